The van der Waals surface area contributed by atoms with E-state index in [-0.39, 0.29) is 0 Å². The monoisotopic (exact) mass is 334 g/mol. The van der Waals surface area contributed by atoms with Crippen LogP contribution < -0.4 is 10.2 Å². The molecule has 0 saturated carbocycles. The van der Waals surface area contributed by atoms with E-state index in [1.54, 1.807) is 7.11 Å². The fraction of sp³-hybridized carbons (Fsp3) is 0.737. The maximum atomic E-state index is 5.11. The van der Waals surface area contributed by atoms with Crippen LogP contribution in [0.5, 0.6) is 0 Å². The summed E-state index contributed by atoms with van der Waals surface area (Å²) in [6, 6.07) is 4.76. The number of likely N-dealkylation sites (N-methyl/N-ethyl adjacent to an activating group) is 1. The number of rotatable bonds is 9. The molecule has 0 aliphatic carbocycles. The molecule has 0 radical (unpaired) electrons. The Balaban J connectivity index is 1.72. The van der Waals surface area contributed by atoms with Crippen LogP contribution >= 0.6 is 0 Å². The minimum absolute atomic E-state index is 0.507. The van der Waals surface area contributed by atoms with E-state index in [0.29, 0.717) is 6.04 Å². The predicted octanol–water partition coefficient (Wildman–Crippen LogP) is 2.52. The summed E-state index contributed by atoms with van der Waals surface area (Å²) in [5, 5.41) is 3.63. The van der Waals surface area contributed by atoms with E-state index in [2.05, 4.69) is 39.2 Å². The number of nitrogens with one attached hydrogen (secondary N) is 1. The zero-order valence-corrected chi connectivity index (χ0v) is 15.6. The fourth-order valence-electron chi connectivity index (χ4n) is 3.15. The van der Waals surface area contributed by atoms with E-state index in [9.17, 15) is 0 Å². The molecule has 1 N–H and O–H groups in total. The maximum absolute atomic E-state index is 5.11. The van der Waals surface area contributed by atoms with Gasteiger partial charge in [0.25, 0.3) is 0 Å². The van der Waals surface area contributed by atoms with Gasteiger partial charge in [0.1, 0.15) is 5.82 Å². The van der Waals surface area contributed by atoms with Crippen LogP contribution in [0.2, 0.25) is 0 Å². The quantitative estimate of drug-likeness (QED) is 0.751. The highest BCUT2D eigenvalue weighted by Gasteiger charge is 2.12. The molecule has 1 atom stereocenters. The van der Waals surface area contributed by atoms with Crippen molar-refractivity contribution in [1.82, 2.24) is 15.2 Å². The minimum atomic E-state index is 0.507. The Bertz CT molecular complexity index is 443. The first-order valence-corrected chi connectivity index (χ1v) is 9.30. The molecule has 1 aromatic heterocycles. The second kappa shape index (κ2) is 10.6. The van der Waals surface area contributed by atoms with E-state index >= 15 is 0 Å². The number of methoxy groups -OCH3 is 1. The van der Waals surface area contributed by atoms with E-state index in [4.69, 9.17) is 4.74 Å². The molecule has 2 heterocycles. The maximum Gasteiger partial charge on any atom is 0.128 e. The molecule has 0 spiro atoms. The fourth-order valence-corrected chi connectivity index (χ4v) is 3.15. The van der Waals surface area contributed by atoms with Gasteiger partial charge in [-0.15, -0.1) is 0 Å². The third-order valence-corrected chi connectivity index (χ3v) is 4.72. The summed E-state index contributed by atoms with van der Waals surface area (Å²) in [5.41, 5.74) is 1.24. The number of aromatic nitrogens is 1. The first-order valence-electron chi connectivity index (χ1n) is 9.30. The van der Waals surface area contributed by atoms with Crippen molar-refractivity contribution in [2.45, 2.75) is 45.2 Å². The first-order chi connectivity index (χ1) is 11.7. The van der Waals surface area contributed by atoms with Crippen LogP contribution in [0, 0.1) is 0 Å². The van der Waals surface area contributed by atoms with Crippen molar-refractivity contribution in [1.29, 1.82) is 0 Å². The summed E-state index contributed by atoms with van der Waals surface area (Å²) < 4.78 is 5.11. The van der Waals surface area contributed by atoms with Crippen LogP contribution in [0.4, 0.5) is 5.82 Å². The Morgan fingerprint density at radius 2 is 2.00 bits per heavy atom. The van der Waals surface area contributed by atoms with Crippen LogP contribution in [-0.4, -0.2) is 62.9 Å². The largest absolute Gasteiger partial charge is 0.383 e. The number of anilines is 1. The molecule has 0 unspecified atom stereocenters. The summed E-state index contributed by atoms with van der Waals surface area (Å²) in [6.07, 6.45) is 7.48. The van der Waals surface area contributed by atoms with Crippen LogP contribution in [0.3, 0.4) is 0 Å². The molecule has 1 aromatic rings. The van der Waals surface area contributed by atoms with Gasteiger partial charge in [0.05, 0.1) is 6.61 Å². The first kappa shape index (κ1) is 19.2. The Hall–Kier alpha value is -1.17. The predicted molar refractivity (Wildman–Crippen MR) is 101 cm³/mol. The number of likely N-dealkylation sites (tertiary alicyclic amines) is 1. The Morgan fingerprint density at radius 3 is 2.62 bits per heavy atom. The lowest BCUT2D eigenvalue weighted by Gasteiger charge is -2.24. The van der Waals surface area contributed by atoms with Gasteiger partial charge in [0, 0.05) is 46.0 Å². The van der Waals surface area contributed by atoms with E-state index in [1.165, 1.54) is 44.3 Å². The van der Waals surface area contributed by atoms with Crippen molar-refractivity contribution >= 4 is 5.82 Å². The van der Waals surface area contributed by atoms with Gasteiger partial charge in [-0.25, -0.2) is 4.98 Å². The van der Waals surface area contributed by atoms with Gasteiger partial charge in [0.15, 0.2) is 0 Å². The standard InChI is InChI=1S/C19H34N4O/c1-17(16-23-10-6-4-5-7-11-23)20-14-18-8-9-19(21-15-18)22(2)12-13-24-3/h8-9,15,17,20H,4-7,10-14,16H2,1-3H3/t17-/m1/s1. The lowest BCUT2D eigenvalue weighted by molar-refractivity contribution is 0.206. The second-order valence-electron chi connectivity index (χ2n) is 6.94. The highest BCUT2D eigenvalue weighted by molar-refractivity contribution is 5.38. The highest BCUT2D eigenvalue weighted by atomic mass is 16.5. The zero-order valence-electron chi connectivity index (χ0n) is 15.6. The third kappa shape index (κ3) is 6.75. The second-order valence-corrected chi connectivity index (χ2v) is 6.94. The molecule has 0 amide bonds. The van der Waals surface area contributed by atoms with Crippen LogP contribution in [0.1, 0.15) is 38.2 Å². The topological polar surface area (TPSA) is 40.6 Å². The van der Waals surface area contributed by atoms with Gasteiger partial charge >= 0.3 is 0 Å². The molecule has 1 saturated heterocycles. The summed E-state index contributed by atoms with van der Waals surface area (Å²) >= 11 is 0. The molecule has 1 aliphatic heterocycles. The molecule has 1 fully saturated rings. The number of ether oxygens (including phenoxy) is 1. The van der Waals surface area contributed by atoms with E-state index in [1.807, 2.05) is 13.2 Å². The van der Waals surface area contributed by atoms with Gasteiger partial charge in [0.2, 0.25) is 0 Å². The highest BCUT2D eigenvalue weighted by Crippen LogP contribution is 2.11. The summed E-state index contributed by atoms with van der Waals surface area (Å²) in [4.78, 5) is 9.28. The van der Waals surface area contributed by atoms with Gasteiger partial charge in [-0.1, -0.05) is 18.9 Å². The summed E-state index contributed by atoms with van der Waals surface area (Å²) in [5.74, 6) is 0.994. The van der Waals surface area contributed by atoms with Gasteiger partial charge < -0.3 is 19.9 Å². The molecule has 0 aromatic carbocycles. The minimum Gasteiger partial charge on any atom is -0.383 e. The molecule has 24 heavy (non-hydrogen) atoms. The van der Waals surface area contributed by atoms with E-state index < -0.39 is 0 Å². The smallest absolute Gasteiger partial charge is 0.128 e. The number of nitrogens with zero attached hydrogens (tertiary/aromatic N) is 3. The lowest BCUT2D eigenvalue weighted by Crippen LogP contribution is -2.39. The molecule has 5 nitrogen and oxygen atoms in total. The average molecular weight is 335 g/mol. The molecular weight excluding hydrogens is 300 g/mol. The molecular formula is C19H34N4O. The number of hydrogen-bond donors (Lipinski definition) is 1. The Labute approximate surface area is 147 Å². The molecule has 5 heteroatoms. The van der Waals surface area contributed by atoms with Gasteiger partial charge in [-0.3, -0.25) is 0 Å². The average Bonchev–Trinajstić information content (AvgIpc) is 2.87. The Morgan fingerprint density at radius 1 is 1.25 bits per heavy atom. The summed E-state index contributed by atoms with van der Waals surface area (Å²) in [7, 11) is 3.77. The van der Waals surface area contributed by atoms with Crippen molar-refractivity contribution in [2.24, 2.45) is 0 Å². The van der Waals surface area contributed by atoms with Crippen LogP contribution in [0.15, 0.2) is 18.3 Å². The van der Waals surface area contributed by atoms with Crippen LogP contribution in [-0.2, 0) is 11.3 Å². The molecule has 2 rings (SSSR count). The van der Waals surface area contributed by atoms with E-state index in [0.717, 1.165) is 32.1 Å². The lowest BCUT2D eigenvalue weighted by atomic mass is 10.2. The summed E-state index contributed by atoms with van der Waals surface area (Å²) in [6.45, 7) is 8.40. The van der Waals surface area contributed by atoms with Crippen LogP contribution in [0.25, 0.3) is 0 Å². The van der Waals surface area contributed by atoms with Crippen molar-refractivity contribution in [3.8, 4) is 0 Å². The molecule has 0 bridgehead atoms. The van der Waals surface area contributed by atoms with Crippen molar-refractivity contribution in [3.05, 3.63) is 23.9 Å². The SMILES string of the molecule is COCCN(C)c1ccc(CN[C@H](C)CN2CCCCCC2)cn1. The van der Waals surface area contributed by atoms with Gasteiger partial charge in [-0.05, 0) is 44.5 Å². The normalized spacial score (nSPS) is 17.5. The number of hydrogen-bond acceptors (Lipinski definition) is 5. The number of pyridine rings is 1. The van der Waals surface area contributed by atoms with Crippen molar-refractivity contribution in [2.75, 3.05) is 51.8 Å². The Kier molecular flexibility index (Phi) is 8.50. The van der Waals surface area contributed by atoms with Crippen molar-refractivity contribution < 1.29 is 4.74 Å². The van der Waals surface area contributed by atoms with Crippen molar-refractivity contribution in [3.63, 3.8) is 0 Å². The molecule has 1 aliphatic rings. The molecule has 136 valence electrons. The third-order valence-electron chi connectivity index (χ3n) is 4.72. The van der Waals surface area contributed by atoms with Gasteiger partial charge in [-0.2, -0.15) is 0 Å². The zero-order chi connectivity index (χ0) is 17.2.